The first-order valence-corrected chi connectivity index (χ1v) is 13.3. The summed E-state index contributed by atoms with van der Waals surface area (Å²) in [5.41, 5.74) is 3.63. The summed E-state index contributed by atoms with van der Waals surface area (Å²) < 4.78 is 2.13. The Morgan fingerprint density at radius 1 is 0.788 bits per heavy atom. The third-order valence-electron chi connectivity index (χ3n) is 8.00. The summed E-state index contributed by atoms with van der Waals surface area (Å²) in [6.45, 7) is 11.9. The third-order valence-corrected chi connectivity index (χ3v) is 8.00. The van der Waals surface area contributed by atoms with Gasteiger partial charge in [-0.2, -0.15) is 5.10 Å². The Labute approximate surface area is 200 Å². The quantitative estimate of drug-likeness (QED) is 0.643. The number of benzene rings is 1. The monoisotopic (exact) mass is 450 g/mol. The van der Waals surface area contributed by atoms with Crippen molar-refractivity contribution in [2.75, 3.05) is 70.9 Å². The topological polar surface area (TPSA) is 30.8 Å². The van der Waals surface area contributed by atoms with E-state index >= 15 is 0 Å². The number of hydrogen-bond donors (Lipinski definition) is 0. The van der Waals surface area contributed by atoms with Gasteiger partial charge >= 0.3 is 0 Å². The number of piperazine rings is 1. The van der Waals surface area contributed by atoms with E-state index in [1.165, 1.54) is 82.5 Å². The molecule has 180 valence electrons. The molecule has 0 unspecified atom stereocenters. The number of aromatic nitrogens is 2. The smallest absolute Gasteiger partial charge is 0.0923 e. The van der Waals surface area contributed by atoms with E-state index in [9.17, 15) is 0 Å². The van der Waals surface area contributed by atoms with Crippen LogP contribution in [0.4, 0.5) is 5.69 Å². The van der Waals surface area contributed by atoms with Gasteiger partial charge in [-0.25, -0.2) is 0 Å². The highest BCUT2D eigenvalue weighted by Crippen LogP contribution is 2.23. The minimum Gasteiger partial charge on any atom is -0.369 e. The van der Waals surface area contributed by atoms with Crippen molar-refractivity contribution in [3.8, 4) is 11.3 Å². The number of anilines is 1. The van der Waals surface area contributed by atoms with E-state index in [1.54, 1.807) is 0 Å². The molecule has 0 N–H and O–H groups in total. The molecule has 0 aliphatic carbocycles. The molecule has 6 heteroatoms. The molecule has 3 aliphatic heterocycles. The highest BCUT2D eigenvalue weighted by molar-refractivity contribution is 5.63. The minimum absolute atomic E-state index is 0.845. The van der Waals surface area contributed by atoms with Crippen molar-refractivity contribution in [1.82, 2.24) is 24.5 Å². The first-order chi connectivity index (χ1) is 16.2. The van der Waals surface area contributed by atoms with Crippen LogP contribution in [-0.2, 0) is 6.54 Å². The molecular formula is C27H42N6. The number of nitrogens with zero attached hydrogens (tertiary/aromatic N) is 6. The largest absolute Gasteiger partial charge is 0.369 e. The van der Waals surface area contributed by atoms with Gasteiger partial charge in [0.15, 0.2) is 0 Å². The number of hydrogen-bond acceptors (Lipinski definition) is 5. The first kappa shape index (κ1) is 22.9. The zero-order valence-corrected chi connectivity index (χ0v) is 20.5. The minimum atomic E-state index is 0.845. The van der Waals surface area contributed by atoms with Gasteiger partial charge in [0.25, 0.3) is 0 Å². The molecule has 33 heavy (non-hydrogen) atoms. The number of piperidine rings is 2. The van der Waals surface area contributed by atoms with Crippen LogP contribution in [0, 0.1) is 0 Å². The molecule has 0 saturated carbocycles. The van der Waals surface area contributed by atoms with Crippen molar-refractivity contribution < 1.29 is 0 Å². The van der Waals surface area contributed by atoms with Crippen LogP contribution in [0.1, 0.15) is 38.5 Å². The Bertz CT molecular complexity index is 840. The zero-order chi connectivity index (χ0) is 22.5. The van der Waals surface area contributed by atoms with E-state index < -0.39 is 0 Å². The fraction of sp³-hybridized carbons (Fsp3) is 0.667. The van der Waals surface area contributed by atoms with Gasteiger partial charge in [-0.05, 0) is 90.1 Å². The van der Waals surface area contributed by atoms with Gasteiger partial charge in [0, 0.05) is 56.2 Å². The van der Waals surface area contributed by atoms with Gasteiger partial charge in [-0.1, -0.05) is 18.6 Å². The Balaban J connectivity index is 1.05. The summed E-state index contributed by atoms with van der Waals surface area (Å²) in [6.07, 6.45) is 10.3. The average molecular weight is 451 g/mol. The normalized spacial score (nSPS) is 22.2. The van der Waals surface area contributed by atoms with E-state index in [1.807, 2.05) is 0 Å². The number of likely N-dealkylation sites (N-methyl/N-ethyl adjacent to an activating group) is 1. The van der Waals surface area contributed by atoms with Crippen molar-refractivity contribution in [3.63, 3.8) is 0 Å². The molecule has 0 spiro atoms. The van der Waals surface area contributed by atoms with Crippen LogP contribution in [0.25, 0.3) is 11.3 Å². The molecule has 5 rings (SSSR count). The molecule has 1 aromatic carbocycles. The predicted molar refractivity (Wildman–Crippen MR) is 137 cm³/mol. The molecule has 3 saturated heterocycles. The van der Waals surface area contributed by atoms with Crippen LogP contribution in [0.5, 0.6) is 0 Å². The van der Waals surface area contributed by atoms with Crippen LogP contribution >= 0.6 is 0 Å². The molecular weight excluding hydrogens is 408 g/mol. The molecule has 3 fully saturated rings. The lowest BCUT2D eigenvalue weighted by Crippen LogP contribution is -2.46. The molecule has 0 radical (unpaired) electrons. The van der Waals surface area contributed by atoms with Crippen LogP contribution in [0.3, 0.4) is 0 Å². The fourth-order valence-corrected chi connectivity index (χ4v) is 5.80. The van der Waals surface area contributed by atoms with Gasteiger partial charge in [0.1, 0.15) is 0 Å². The van der Waals surface area contributed by atoms with Gasteiger partial charge in [-0.3, -0.25) is 4.68 Å². The highest BCUT2D eigenvalue weighted by atomic mass is 15.3. The Morgan fingerprint density at radius 2 is 1.52 bits per heavy atom. The summed E-state index contributed by atoms with van der Waals surface area (Å²) in [6, 6.07) is 12.0. The molecule has 6 nitrogen and oxygen atoms in total. The van der Waals surface area contributed by atoms with Crippen LogP contribution < -0.4 is 4.90 Å². The molecule has 2 aromatic rings. The second-order valence-corrected chi connectivity index (χ2v) is 10.3. The standard InChI is InChI=1S/C27H42N6/c1-29-20-22-32(23-21-29)25-8-6-24(7-9-25)27-12-19-33(28-27)16-5-13-30-17-10-26(11-18-30)31-14-3-2-4-15-31/h6-9,12,19,26H,2-5,10-11,13-18,20-23H2,1H3. The van der Waals surface area contributed by atoms with Crippen molar-refractivity contribution in [2.24, 2.45) is 0 Å². The Hall–Kier alpha value is -1.89. The molecule has 0 bridgehead atoms. The van der Waals surface area contributed by atoms with Crippen molar-refractivity contribution >= 4 is 5.69 Å². The van der Waals surface area contributed by atoms with E-state index in [-0.39, 0.29) is 0 Å². The second kappa shape index (κ2) is 11.0. The number of likely N-dealkylation sites (tertiary alicyclic amines) is 2. The summed E-state index contributed by atoms with van der Waals surface area (Å²) in [5, 5.41) is 4.86. The summed E-state index contributed by atoms with van der Waals surface area (Å²) in [4.78, 5) is 10.3. The van der Waals surface area contributed by atoms with Crippen LogP contribution in [0.15, 0.2) is 36.5 Å². The van der Waals surface area contributed by atoms with E-state index in [2.05, 4.69) is 67.9 Å². The predicted octanol–water partition coefficient (Wildman–Crippen LogP) is 3.64. The third kappa shape index (κ3) is 5.97. The first-order valence-electron chi connectivity index (χ1n) is 13.3. The van der Waals surface area contributed by atoms with E-state index in [0.717, 1.165) is 44.5 Å². The van der Waals surface area contributed by atoms with Crippen molar-refractivity contribution in [3.05, 3.63) is 36.5 Å². The van der Waals surface area contributed by atoms with E-state index in [0.29, 0.717) is 0 Å². The van der Waals surface area contributed by atoms with Crippen molar-refractivity contribution in [1.29, 1.82) is 0 Å². The fourth-order valence-electron chi connectivity index (χ4n) is 5.80. The van der Waals surface area contributed by atoms with Gasteiger partial charge in [0.2, 0.25) is 0 Å². The van der Waals surface area contributed by atoms with Gasteiger partial charge in [-0.15, -0.1) is 0 Å². The van der Waals surface area contributed by atoms with Gasteiger partial charge in [0.05, 0.1) is 5.69 Å². The Morgan fingerprint density at radius 3 is 2.24 bits per heavy atom. The summed E-state index contributed by atoms with van der Waals surface area (Å²) in [5.74, 6) is 0. The van der Waals surface area contributed by atoms with Crippen LogP contribution in [0.2, 0.25) is 0 Å². The number of aryl methyl sites for hydroxylation is 1. The second-order valence-electron chi connectivity index (χ2n) is 10.3. The highest BCUT2D eigenvalue weighted by Gasteiger charge is 2.25. The molecule has 3 aliphatic rings. The van der Waals surface area contributed by atoms with E-state index in [4.69, 9.17) is 5.10 Å². The zero-order valence-electron chi connectivity index (χ0n) is 20.5. The Kier molecular flexibility index (Phi) is 7.64. The molecule has 0 atom stereocenters. The summed E-state index contributed by atoms with van der Waals surface area (Å²) in [7, 11) is 2.20. The lowest BCUT2D eigenvalue weighted by molar-refractivity contribution is 0.0915. The molecule has 4 heterocycles. The molecule has 1 aromatic heterocycles. The average Bonchev–Trinajstić information content (AvgIpc) is 3.35. The van der Waals surface area contributed by atoms with Gasteiger partial charge < -0.3 is 19.6 Å². The van der Waals surface area contributed by atoms with Crippen LogP contribution in [-0.4, -0.2) is 96.5 Å². The van der Waals surface area contributed by atoms with Crippen molar-refractivity contribution in [2.45, 2.75) is 51.1 Å². The maximum atomic E-state index is 4.86. The summed E-state index contributed by atoms with van der Waals surface area (Å²) >= 11 is 0. The molecule has 0 amide bonds. The maximum Gasteiger partial charge on any atom is 0.0923 e. The lowest BCUT2D eigenvalue weighted by atomic mass is 10.00. The maximum absolute atomic E-state index is 4.86. The number of rotatable bonds is 7. The lowest BCUT2D eigenvalue weighted by Gasteiger charge is -2.40. The SMILES string of the molecule is CN1CCN(c2ccc(-c3ccn(CCCN4CCC(N5CCCCC5)CC4)n3)cc2)CC1.